The minimum atomic E-state index is -0.327. The number of carbonyl (C=O) groups excluding carboxylic acids is 1. The molecule has 2 aliphatic rings. The van der Waals surface area contributed by atoms with E-state index >= 15 is 0 Å². The number of unbranched alkanes of at least 4 members (excludes halogenated alkanes) is 5. The molecule has 1 aliphatic heterocycles. The van der Waals surface area contributed by atoms with Crippen LogP contribution in [-0.2, 0) is 9.53 Å². The van der Waals surface area contributed by atoms with Crippen molar-refractivity contribution in [2.24, 2.45) is 11.8 Å². The maximum atomic E-state index is 11.4. The smallest absolute Gasteiger partial charge is 0.306 e. The van der Waals surface area contributed by atoms with E-state index in [2.05, 4.69) is 19.1 Å². The molecule has 0 spiro atoms. The van der Waals surface area contributed by atoms with E-state index in [1.807, 2.05) is 12.2 Å². The first kappa shape index (κ1) is 20.2. The van der Waals surface area contributed by atoms with Gasteiger partial charge in [0, 0.05) is 12.3 Å². The lowest BCUT2D eigenvalue weighted by molar-refractivity contribution is -0.160. The van der Waals surface area contributed by atoms with Gasteiger partial charge in [0.25, 0.3) is 0 Å². The van der Waals surface area contributed by atoms with Crippen molar-refractivity contribution < 1.29 is 14.6 Å². The van der Waals surface area contributed by atoms with Gasteiger partial charge in [0.2, 0.25) is 0 Å². The Morgan fingerprint density at radius 1 is 1.12 bits per heavy atom. The van der Waals surface area contributed by atoms with Gasteiger partial charge < -0.3 is 9.84 Å². The van der Waals surface area contributed by atoms with Crippen LogP contribution in [0, 0.1) is 11.8 Å². The molecule has 0 aromatic rings. The van der Waals surface area contributed by atoms with Gasteiger partial charge in [0.1, 0.15) is 6.10 Å². The molecule has 142 valence electrons. The topological polar surface area (TPSA) is 46.5 Å². The lowest BCUT2D eigenvalue weighted by Gasteiger charge is -2.41. The maximum absolute atomic E-state index is 11.4. The molecule has 1 aliphatic carbocycles. The second kappa shape index (κ2) is 11.5. The van der Waals surface area contributed by atoms with Crippen molar-refractivity contribution in [3.8, 4) is 0 Å². The van der Waals surface area contributed by atoms with E-state index in [1.54, 1.807) is 0 Å². The van der Waals surface area contributed by atoms with E-state index in [4.69, 9.17) is 4.74 Å². The molecule has 2 rings (SSSR count). The Kier molecular flexibility index (Phi) is 9.31. The molecule has 3 heteroatoms. The average Bonchev–Trinajstić information content (AvgIpc) is 2.57. The van der Waals surface area contributed by atoms with Crippen LogP contribution >= 0.6 is 0 Å². The summed E-state index contributed by atoms with van der Waals surface area (Å²) in [7, 11) is 0. The van der Waals surface area contributed by atoms with Gasteiger partial charge in [-0.15, -0.1) is 0 Å². The van der Waals surface area contributed by atoms with Crippen LogP contribution in [0.2, 0.25) is 0 Å². The third-order valence-corrected chi connectivity index (χ3v) is 5.67. The van der Waals surface area contributed by atoms with Crippen LogP contribution in [0.15, 0.2) is 24.3 Å². The Morgan fingerprint density at radius 2 is 1.92 bits per heavy atom. The number of rotatable bonds is 11. The standard InChI is InChI=1S/C22H36O3/c1-2-3-4-5-6-7-12-19(23)13-9-8-11-18-16-17-20(18)21-14-10-15-22(24)25-21/h8-9,11,13,18-21,23H,2-7,10,12,14-17H2,1H3. The van der Waals surface area contributed by atoms with Gasteiger partial charge in [-0.2, -0.15) is 0 Å². The van der Waals surface area contributed by atoms with Crippen LogP contribution in [-0.4, -0.2) is 23.3 Å². The van der Waals surface area contributed by atoms with Gasteiger partial charge in [0.05, 0.1) is 6.10 Å². The monoisotopic (exact) mass is 348 g/mol. The van der Waals surface area contributed by atoms with Crippen molar-refractivity contribution >= 4 is 5.97 Å². The van der Waals surface area contributed by atoms with Gasteiger partial charge in [-0.1, -0.05) is 69.8 Å². The highest BCUT2D eigenvalue weighted by molar-refractivity contribution is 5.70. The molecule has 1 saturated carbocycles. The number of carbonyl (C=O) groups is 1. The normalized spacial score (nSPS) is 28.2. The highest BCUT2D eigenvalue weighted by atomic mass is 16.5. The highest BCUT2D eigenvalue weighted by Gasteiger charge is 2.38. The first-order valence-electron chi connectivity index (χ1n) is 10.4. The highest BCUT2D eigenvalue weighted by Crippen LogP contribution is 2.41. The zero-order valence-electron chi connectivity index (χ0n) is 15.9. The van der Waals surface area contributed by atoms with Gasteiger partial charge >= 0.3 is 5.97 Å². The molecule has 3 nitrogen and oxygen atoms in total. The summed E-state index contributed by atoms with van der Waals surface area (Å²) in [6.45, 7) is 2.23. The van der Waals surface area contributed by atoms with E-state index in [1.165, 1.54) is 38.5 Å². The van der Waals surface area contributed by atoms with Crippen molar-refractivity contribution in [1.29, 1.82) is 0 Å². The third-order valence-electron chi connectivity index (χ3n) is 5.67. The second-order valence-corrected chi connectivity index (χ2v) is 7.72. The molecule has 4 unspecified atom stereocenters. The molecule has 25 heavy (non-hydrogen) atoms. The van der Waals surface area contributed by atoms with Crippen LogP contribution in [0.5, 0.6) is 0 Å². The minimum absolute atomic E-state index is 0.0245. The molecule has 1 heterocycles. The molecule has 4 atom stereocenters. The molecule has 0 aromatic heterocycles. The van der Waals surface area contributed by atoms with E-state index in [0.29, 0.717) is 18.3 Å². The van der Waals surface area contributed by atoms with Gasteiger partial charge in [-0.25, -0.2) is 0 Å². The Morgan fingerprint density at radius 3 is 2.64 bits per heavy atom. The van der Waals surface area contributed by atoms with Crippen LogP contribution in [0.25, 0.3) is 0 Å². The zero-order chi connectivity index (χ0) is 17.9. The fraction of sp³-hybridized carbons (Fsp3) is 0.773. The SMILES string of the molecule is CCCCCCCCC(O)C=CC=CC1CCC1C1CCCC(=O)O1. The van der Waals surface area contributed by atoms with Crippen LogP contribution in [0.1, 0.15) is 84.0 Å². The van der Waals surface area contributed by atoms with E-state index in [-0.39, 0.29) is 18.2 Å². The predicted octanol–water partition coefficient (Wildman–Crippen LogP) is 5.33. The minimum Gasteiger partial charge on any atom is -0.462 e. The van der Waals surface area contributed by atoms with Crippen molar-refractivity contribution in [2.45, 2.75) is 96.2 Å². The van der Waals surface area contributed by atoms with E-state index < -0.39 is 0 Å². The number of ether oxygens (including phenoxy) is 1. The summed E-state index contributed by atoms with van der Waals surface area (Å²) in [6.07, 6.45) is 21.3. The Labute approximate surface area is 153 Å². The van der Waals surface area contributed by atoms with Crippen molar-refractivity contribution in [3.63, 3.8) is 0 Å². The largest absolute Gasteiger partial charge is 0.462 e. The third kappa shape index (κ3) is 7.35. The number of aliphatic hydroxyl groups excluding tert-OH is 1. The summed E-state index contributed by atoms with van der Waals surface area (Å²) in [5.74, 6) is 1.00. The van der Waals surface area contributed by atoms with Crippen molar-refractivity contribution in [2.75, 3.05) is 0 Å². The zero-order valence-corrected chi connectivity index (χ0v) is 15.9. The molecule has 2 fully saturated rings. The fourth-order valence-corrected chi connectivity index (χ4v) is 3.92. The lowest BCUT2D eigenvalue weighted by Crippen LogP contribution is -2.39. The van der Waals surface area contributed by atoms with Gasteiger partial charge in [-0.3, -0.25) is 4.79 Å². The lowest BCUT2D eigenvalue weighted by atomic mass is 9.69. The predicted molar refractivity (Wildman–Crippen MR) is 102 cm³/mol. The van der Waals surface area contributed by atoms with Crippen LogP contribution in [0.3, 0.4) is 0 Å². The Hall–Kier alpha value is -1.09. The first-order valence-corrected chi connectivity index (χ1v) is 10.4. The summed E-state index contributed by atoms with van der Waals surface area (Å²) >= 11 is 0. The Balaban J connectivity index is 1.59. The number of allylic oxidation sites excluding steroid dienone is 3. The maximum Gasteiger partial charge on any atom is 0.306 e. The molecule has 1 saturated heterocycles. The molecule has 0 radical (unpaired) electrons. The summed E-state index contributed by atoms with van der Waals surface area (Å²) in [5.41, 5.74) is 0. The summed E-state index contributed by atoms with van der Waals surface area (Å²) in [4.78, 5) is 11.4. The first-order chi connectivity index (χ1) is 12.2. The number of aliphatic hydroxyl groups is 1. The van der Waals surface area contributed by atoms with Crippen molar-refractivity contribution in [3.05, 3.63) is 24.3 Å². The molecule has 1 N–H and O–H groups in total. The van der Waals surface area contributed by atoms with Crippen LogP contribution in [0.4, 0.5) is 0 Å². The summed E-state index contributed by atoms with van der Waals surface area (Å²) in [5, 5.41) is 10.00. The second-order valence-electron chi connectivity index (χ2n) is 7.72. The molecular formula is C22H36O3. The summed E-state index contributed by atoms with van der Waals surface area (Å²) < 4.78 is 5.51. The summed E-state index contributed by atoms with van der Waals surface area (Å²) in [6, 6.07) is 0. The van der Waals surface area contributed by atoms with Gasteiger partial charge in [-0.05, 0) is 38.0 Å². The molecule has 0 aromatic carbocycles. The fourth-order valence-electron chi connectivity index (χ4n) is 3.92. The quantitative estimate of drug-likeness (QED) is 0.312. The number of esters is 1. The molecule has 0 amide bonds. The average molecular weight is 349 g/mol. The number of hydrogen-bond donors (Lipinski definition) is 1. The number of cyclic esters (lactones) is 1. The van der Waals surface area contributed by atoms with E-state index in [0.717, 1.165) is 32.1 Å². The van der Waals surface area contributed by atoms with Gasteiger partial charge in [0.15, 0.2) is 0 Å². The van der Waals surface area contributed by atoms with E-state index in [9.17, 15) is 9.90 Å². The Bertz CT molecular complexity index is 441. The van der Waals surface area contributed by atoms with Crippen molar-refractivity contribution in [1.82, 2.24) is 0 Å². The number of hydrogen-bond acceptors (Lipinski definition) is 3. The molecule has 0 bridgehead atoms. The molecular weight excluding hydrogens is 312 g/mol. The van der Waals surface area contributed by atoms with Crippen LogP contribution < -0.4 is 0 Å².